The molecule has 1 aliphatic heterocycles. The van der Waals surface area contributed by atoms with Crippen molar-refractivity contribution in [1.29, 1.82) is 0 Å². The van der Waals surface area contributed by atoms with Gasteiger partial charge in [-0.05, 0) is 37.0 Å². The monoisotopic (exact) mass is 205 g/mol. The smallest absolute Gasteiger partial charge is 0.226 e. The van der Waals surface area contributed by atoms with E-state index < -0.39 is 0 Å². The highest BCUT2D eigenvalue weighted by Gasteiger charge is 2.50. The molecule has 2 heteroatoms. The number of allylic oxidation sites excluding steroid dienone is 2. The Kier molecular flexibility index (Phi) is 2.11. The predicted octanol–water partition coefficient (Wildman–Crippen LogP) is 2.07. The lowest BCUT2D eigenvalue weighted by molar-refractivity contribution is -0.141. The second-order valence-corrected chi connectivity index (χ2v) is 5.25. The van der Waals surface area contributed by atoms with Crippen molar-refractivity contribution in [3.8, 4) is 0 Å². The third-order valence-electron chi connectivity index (χ3n) is 4.45. The first-order valence-electron chi connectivity index (χ1n) is 6.28. The van der Waals surface area contributed by atoms with Crippen molar-refractivity contribution in [2.45, 2.75) is 26.2 Å². The quantitative estimate of drug-likeness (QED) is 0.632. The number of hydrogen-bond acceptors (Lipinski definition) is 1. The molecule has 1 saturated heterocycles. The predicted molar refractivity (Wildman–Crippen MR) is 59.2 cm³/mol. The van der Waals surface area contributed by atoms with Gasteiger partial charge in [0, 0.05) is 19.0 Å². The molecule has 82 valence electrons. The first-order valence-corrected chi connectivity index (χ1v) is 6.28. The molecule has 0 radical (unpaired) electrons. The van der Waals surface area contributed by atoms with Crippen LogP contribution < -0.4 is 0 Å². The zero-order chi connectivity index (χ0) is 10.4. The van der Waals surface area contributed by atoms with Crippen LogP contribution in [0.3, 0.4) is 0 Å². The van der Waals surface area contributed by atoms with Crippen molar-refractivity contribution < 1.29 is 4.79 Å². The van der Waals surface area contributed by atoms with Gasteiger partial charge in [-0.3, -0.25) is 4.79 Å². The number of amides is 1. The van der Waals surface area contributed by atoms with Crippen molar-refractivity contribution in [2.75, 3.05) is 13.1 Å². The zero-order valence-corrected chi connectivity index (χ0v) is 9.36. The standard InChI is InChI=1S/C13H19NO/c1-2-6-14-7-5-11-9-3-4-10(8-9)12(11)13(14)15/h3-4,9-12H,2,5-8H2,1H3. The first-order chi connectivity index (χ1) is 7.31. The van der Waals surface area contributed by atoms with Gasteiger partial charge in [-0.25, -0.2) is 0 Å². The third kappa shape index (κ3) is 1.27. The molecule has 2 fully saturated rings. The Morgan fingerprint density at radius 1 is 1.40 bits per heavy atom. The van der Waals surface area contributed by atoms with Gasteiger partial charge >= 0.3 is 0 Å². The van der Waals surface area contributed by atoms with Crippen molar-refractivity contribution in [2.24, 2.45) is 23.7 Å². The SMILES string of the molecule is CCCN1CCC2C3C=CC(C3)C2C1=O. The van der Waals surface area contributed by atoms with E-state index in [-0.39, 0.29) is 0 Å². The van der Waals surface area contributed by atoms with E-state index in [0.29, 0.717) is 23.7 Å². The number of nitrogens with zero attached hydrogens (tertiary/aromatic N) is 1. The fourth-order valence-corrected chi connectivity index (χ4v) is 3.80. The average molecular weight is 205 g/mol. The van der Waals surface area contributed by atoms with Crippen LogP contribution in [0.4, 0.5) is 0 Å². The Hall–Kier alpha value is -0.790. The van der Waals surface area contributed by atoms with E-state index in [2.05, 4.69) is 24.0 Å². The van der Waals surface area contributed by atoms with Gasteiger partial charge in [-0.15, -0.1) is 0 Å². The molecule has 2 aliphatic carbocycles. The molecule has 4 atom stereocenters. The van der Waals surface area contributed by atoms with Gasteiger partial charge in [0.2, 0.25) is 5.91 Å². The average Bonchev–Trinajstić information content (AvgIpc) is 2.82. The molecule has 0 aromatic heterocycles. The molecule has 3 aliphatic rings. The molecule has 0 spiro atoms. The molecule has 2 nitrogen and oxygen atoms in total. The lowest BCUT2D eigenvalue weighted by atomic mass is 9.77. The topological polar surface area (TPSA) is 20.3 Å². The van der Waals surface area contributed by atoms with Gasteiger partial charge in [-0.1, -0.05) is 19.1 Å². The van der Waals surface area contributed by atoms with Crippen LogP contribution in [0.2, 0.25) is 0 Å². The molecular weight excluding hydrogens is 186 g/mol. The second-order valence-electron chi connectivity index (χ2n) is 5.25. The van der Waals surface area contributed by atoms with E-state index in [1.165, 1.54) is 12.8 Å². The number of piperidine rings is 1. The first kappa shape index (κ1) is 9.44. The van der Waals surface area contributed by atoms with Gasteiger partial charge in [0.05, 0.1) is 0 Å². The summed E-state index contributed by atoms with van der Waals surface area (Å²) in [5.74, 6) is 2.78. The lowest BCUT2D eigenvalue weighted by Crippen LogP contribution is -2.47. The zero-order valence-electron chi connectivity index (χ0n) is 9.36. The Bertz CT molecular complexity index is 310. The minimum Gasteiger partial charge on any atom is -0.342 e. The lowest BCUT2D eigenvalue weighted by Gasteiger charge is -2.38. The Balaban J connectivity index is 1.81. The van der Waals surface area contributed by atoms with Gasteiger partial charge in [-0.2, -0.15) is 0 Å². The Morgan fingerprint density at radius 2 is 2.20 bits per heavy atom. The maximum atomic E-state index is 12.3. The molecule has 0 aromatic carbocycles. The summed E-state index contributed by atoms with van der Waals surface area (Å²) in [6, 6.07) is 0. The number of carbonyl (C=O) groups is 1. The maximum absolute atomic E-state index is 12.3. The van der Waals surface area contributed by atoms with Crippen LogP contribution in [0, 0.1) is 23.7 Å². The second kappa shape index (κ2) is 3.36. The fourth-order valence-electron chi connectivity index (χ4n) is 3.80. The largest absolute Gasteiger partial charge is 0.342 e. The number of likely N-dealkylation sites (tertiary alicyclic amines) is 1. The fraction of sp³-hybridized carbons (Fsp3) is 0.769. The molecule has 1 amide bonds. The summed E-state index contributed by atoms with van der Waals surface area (Å²) in [6.45, 7) is 4.12. The van der Waals surface area contributed by atoms with Crippen LogP contribution >= 0.6 is 0 Å². The van der Waals surface area contributed by atoms with Crippen LogP contribution in [0.15, 0.2) is 12.2 Å². The summed E-state index contributed by atoms with van der Waals surface area (Å²) in [4.78, 5) is 14.4. The van der Waals surface area contributed by atoms with Crippen molar-refractivity contribution in [3.05, 3.63) is 12.2 Å². The third-order valence-corrected chi connectivity index (χ3v) is 4.45. The summed E-state index contributed by atoms with van der Waals surface area (Å²) in [6.07, 6.45) is 8.23. The van der Waals surface area contributed by atoms with Crippen molar-refractivity contribution in [3.63, 3.8) is 0 Å². The summed E-state index contributed by atoms with van der Waals surface area (Å²) in [5.41, 5.74) is 0. The van der Waals surface area contributed by atoms with E-state index in [0.717, 1.165) is 25.4 Å². The highest BCUT2D eigenvalue weighted by molar-refractivity contribution is 5.81. The summed E-state index contributed by atoms with van der Waals surface area (Å²) >= 11 is 0. The van der Waals surface area contributed by atoms with E-state index in [4.69, 9.17) is 0 Å². The van der Waals surface area contributed by atoms with Crippen molar-refractivity contribution >= 4 is 5.91 Å². The molecule has 3 rings (SSSR count). The van der Waals surface area contributed by atoms with E-state index >= 15 is 0 Å². The van der Waals surface area contributed by atoms with Crippen LogP contribution in [0.1, 0.15) is 26.2 Å². The summed E-state index contributed by atoms with van der Waals surface area (Å²) in [5, 5.41) is 0. The van der Waals surface area contributed by atoms with Gasteiger partial charge in [0.1, 0.15) is 0 Å². The number of carbonyl (C=O) groups excluding carboxylic acids is 1. The summed E-state index contributed by atoms with van der Waals surface area (Å²) in [7, 11) is 0. The Labute approximate surface area is 91.3 Å². The van der Waals surface area contributed by atoms with Crippen LogP contribution in [-0.2, 0) is 4.79 Å². The van der Waals surface area contributed by atoms with Crippen LogP contribution in [0.25, 0.3) is 0 Å². The molecular formula is C13H19NO. The molecule has 2 bridgehead atoms. The summed E-state index contributed by atoms with van der Waals surface area (Å²) < 4.78 is 0. The van der Waals surface area contributed by atoms with Crippen molar-refractivity contribution in [1.82, 2.24) is 4.90 Å². The maximum Gasteiger partial charge on any atom is 0.226 e. The normalized spacial score (nSPS) is 42.5. The van der Waals surface area contributed by atoms with Crippen LogP contribution in [-0.4, -0.2) is 23.9 Å². The molecule has 4 unspecified atom stereocenters. The number of fused-ring (bicyclic) bond motifs is 5. The molecule has 1 heterocycles. The number of rotatable bonds is 2. The highest BCUT2D eigenvalue weighted by Crippen LogP contribution is 2.51. The minimum absolute atomic E-state index is 0.347. The number of hydrogen-bond donors (Lipinski definition) is 0. The van der Waals surface area contributed by atoms with E-state index in [9.17, 15) is 4.79 Å². The van der Waals surface area contributed by atoms with E-state index in [1.54, 1.807) is 0 Å². The van der Waals surface area contributed by atoms with E-state index in [1.807, 2.05) is 0 Å². The molecule has 0 N–H and O–H groups in total. The van der Waals surface area contributed by atoms with Crippen LogP contribution in [0.5, 0.6) is 0 Å². The molecule has 0 aromatic rings. The van der Waals surface area contributed by atoms with Gasteiger partial charge < -0.3 is 4.90 Å². The van der Waals surface area contributed by atoms with Gasteiger partial charge in [0.25, 0.3) is 0 Å². The molecule has 1 saturated carbocycles. The molecule has 15 heavy (non-hydrogen) atoms. The Morgan fingerprint density at radius 3 is 3.00 bits per heavy atom. The van der Waals surface area contributed by atoms with Gasteiger partial charge in [0.15, 0.2) is 0 Å². The minimum atomic E-state index is 0.347. The highest BCUT2D eigenvalue weighted by atomic mass is 16.2.